The fourth-order valence-corrected chi connectivity index (χ4v) is 4.36. The first-order valence-corrected chi connectivity index (χ1v) is 13.2. The van der Waals surface area contributed by atoms with Gasteiger partial charge in [0.15, 0.2) is 0 Å². The summed E-state index contributed by atoms with van der Waals surface area (Å²) >= 11 is 0. The number of pyridine rings is 1. The quantitative estimate of drug-likeness (QED) is 0.209. The van der Waals surface area contributed by atoms with Crippen molar-refractivity contribution in [3.05, 3.63) is 78.1 Å². The summed E-state index contributed by atoms with van der Waals surface area (Å²) in [6.45, 7) is 11.0. The molecule has 0 saturated carbocycles. The second-order valence-electron chi connectivity index (χ2n) is 11.6. The maximum atomic E-state index is 13.6. The Labute approximate surface area is 239 Å². The summed E-state index contributed by atoms with van der Waals surface area (Å²) < 4.78 is 17.6. The van der Waals surface area contributed by atoms with Crippen LogP contribution in [0.3, 0.4) is 0 Å². The van der Waals surface area contributed by atoms with Gasteiger partial charge in [-0.1, -0.05) is 18.2 Å². The van der Waals surface area contributed by atoms with Crippen molar-refractivity contribution in [3.63, 3.8) is 0 Å². The minimum Gasteiger partial charge on any atom is -0.465 e. The van der Waals surface area contributed by atoms with E-state index in [1.165, 1.54) is 11.7 Å². The van der Waals surface area contributed by atoms with Gasteiger partial charge in [0.2, 0.25) is 0 Å². The number of hydrogen-bond acceptors (Lipinski definition) is 7. The van der Waals surface area contributed by atoms with Gasteiger partial charge >= 0.3 is 18.2 Å². The molecule has 9 heteroatoms. The van der Waals surface area contributed by atoms with Crippen molar-refractivity contribution in [1.29, 1.82) is 0 Å². The highest BCUT2D eigenvalue weighted by atomic mass is 16.6. The molecule has 2 aromatic heterocycles. The van der Waals surface area contributed by atoms with Gasteiger partial charge in [-0.15, -0.1) is 0 Å². The van der Waals surface area contributed by atoms with Crippen molar-refractivity contribution >= 4 is 29.1 Å². The Kier molecular flexibility index (Phi) is 8.19. The van der Waals surface area contributed by atoms with Crippen LogP contribution in [-0.4, -0.2) is 46.0 Å². The molecule has 0 fully saturated rings. The Morgan fingerprint density at radius 2 is 1.54 bits per heavy atom. The van der Waals surface area contributed by atoms with E-state index in [4.69, 9.17) is 14.2 Å². The first-order valence-electron chi connectivity index (χ1n) is 13.2. The number of carbonyl (C=O) groups excluding carboxylic acids is 3. The Hall–Kier alpha value is -4.66. The van der Waals surface area contributed by atoms with Gasteiger partial charge in [0.1, 0.15) is 11.2 Å². The largest absolute Gasteiger partial charge is 0.465 e. The van der Waals surface area contributed by atoms with Crippen LogP contribution in [0.15, 0.2) is 67.0 Å². The van der Waals surface area contributed by atoms with Crippen LogP contribution >= 0.6 is 0 Å². The van der Waals surface area contributed by atoms with Gasteiger partial charge in [-0.05, 0) is 94.6 Å². The average molecular weight is 558 g/mol. The number of fused-ring (bicyclic) bond motifs is 1. The van der Waals surface area contributed by atoms with E-state index in [9.17, 15) is 14.4 Å². The molecule has 0 radical (unpaired) electrons. The van der Waals surface area contributed by atoms with Crippen LogP contribution in [0, 0.1) is 0 Å². The number of benzene rings is 2. The molecule has 4 aromatic rings. The number of amides is 1. The van der Waals surface area contributed by atoms with Crippen molar-refractivity contribution in [2.75, 3.05) is 7.11 Å². The lowest BCUT2D eigenvalue weighted by Crippen LogP contribution is -2.32. The SMILES string of the molecule is COC(=O)c1cc(-c2cccc(CNC(=O)OC(C)(C)C)c2)c2cc(-c3ccncc3)n(C(=O)OC(C)(C)C)c2c1. The van der Waals surface area contributed by atoms with Crippen molar-refractivity contribution in [3.8, 4) is 22.4 Å². The van der Waals surface area contributed by atoms with Crippen LogP contribution in [0.2, 0.25) is 0 Å². The molecule has 41 heavy (non-hydrogen) atoms. The molecule has 0 aliphatic rings. The lowest BCUT2D eigenvalue weighted by atomic mass is 9.97. The lowest BCUT2D eigenvalue weighted by Gasteiger charge is -2.21. The number of carbonyl (C=O) groups is 3. The smallest absolute Gasteiger partial charge is 0.419 e. The maximum Gasteiger partial charge on any atom is 0.419 e. The summed E-state index contributed by atoms with van der Waals surface area (Å²) in [6.07, 6.45) is 2.19. The van der Waals surface area contributed by atoms with E-state index in [0.717, 1.165) is 22.1 Å². The predicted molar refractivity (Wildman–Crippen MR) is 157 cm³/mol. The predicted octanol–water partition coefficient (Wildman–Crippen LogP) is 6.96. The van der Waals surface area contributed by atoms with E-state index in [0.29, 0.717) is 16.8 Å². The van der Waals surface area contributed by atoms with Gasteiger partial charge in [-0.3, -0.25) is 4.98 Å². The van der Waals surface area contributed by atoms with Gasteiger partial charge in [-0.2, -0.15) is 0 Å². The fraction of sp³-hybridized carbons (Fsp3) is 0.312. The molecule has 0 bridgehead atoms. The van der Waals surface area contributed by atoms with Crippen LogP contribution in [0.1, 0.15) is 57.5 Å². The van der Waals surface area contributed by atoms with Gasteiger partial charge in [0, 0.05) is 29.9 Å². The number of hydrogen-bond donors (Lipinski definition) is 1. The summed E-state index contributed by atoms with van der Waals surface area (Å²) in [5.41, 5.74) is 3.06. The van der Waals surface area contributed by atoms with Gasteiger partial charge in [0.05, 0.1) is 23.9 Å². The second kappa shape index (κ2) is 11.4. The zero-order valence-corrected chi connectivity index (χ0v) is 24.4. The van der Waals surface area contributed by atoms with Crippen LogP contribution in [0.4, 0.5) is 9.59 Å². The molecular formula is C32H35N3O6. The van der Waals surface area contributed by atoms with Crippen LogP contribution in [0.5, 0.6) is 0 Å². The number of ether oxygens (including phenoxy) is 3. The number of aromatic nitrogens is 2. The molecule has 1 amide bonds. The van der Waals surface area contributed by atoms with E-state index < -0.39 is 29.4 Å². The third-order valence-electron chi connectivity index (χ3n) is 5.97. The van der Waals surface area contributed by atoms with Crippen LogP contribution in [0.25, 0.3) is 33.3 Å². The zero-order valence-electron chi connectivity index (χ0n) is 24.4. The highest BCUT2D eigenvalue weighted by molar-refractivity contribution is 6.07. The third-order valence-corrected chi connectivity index (χ3v) is 5.97. The fourth-order valence-electron chi connectivity index (χ4n) is 4.36. The van der Waals surface area contributed by atoms with E-state index in [-0.39, 0.29) is 12.1 Å². The second-order valence-corrected chi connectivity index (χ2v) is 11.6. The van der Waals surface area contributed by atoms with Crippen molar-refractivity contribution < 1.29 is 28.6 Å². The Morgan fingerprint density at radius 3 is 2.17 bits per heavy atom. The van der Waals surface area contributed by atoms with Crippen molar-refractivity contribution in [2.45, 2.75) is 59.3 Å². The molecule has 0 aliphatic carbocycles. The van der Waals surface area contributed by atoms with E-state index in [1.807, 2.05) is 30.3 Å². The molecule has 0 atom stereocenters. The Morgan fingerprint density at radius 1 is 0.854 bits per heavy atom. The van der Waals surface area contributed by atoms with E-state index >= 15 is 0 Å². The van der Waals surface area contributed by atoms with E-state index in [2.05, 4.69) is 10.3 Å². The standard InChI is InChI=1S/C32H35N3O6/c1-31(2,3)40-29(37)34-19-20-9-8-10-22(15-20)24-16-23(28(36)39-7)17-27-25(24)18-26(21-11-13-33-14-12-21)35(27)30(38)41-32(4,5)6/h8-18H,19H2,1-7H3,(H,34,37). The molecule has 9 nitrogen and oxygen atoms in total. The molecule has 214 valence electrons. The Bertz CT molecular complexity index is 1590. The molecule has 0 spiro atoms. The van der Waals surface area contributed by atoms with Crippen molar-refractivity contribution in [1.82, 2.24) is 14.9 Å². The number of nitrogens with one attached hydrogen (secondary N) is 1. The number of rotatable bonds is 5. The number of nitrogens with zero attached hydrogens (tertiary/aromatic N) is 2. The summed E-state index contributed by atoms with van der Waals surface area (Å²) in [6, 6.07) is 16.5. The monoisotopic (exact) mass is 557 g/mol. The van der Waals surface area contributed by atoms with Crippen molar-refractivity contribution in [2.24, 2.45) is 0 Å². The normalized spacial score (nSPS) is 11.7. The molecule has 0 saturated heterocycles. The number of esters is 1. The highest BCUT2D eigenvalue weighted by Gasteiger charge is 2.26. The first kappa shape index (κ1) is 29.3. The molecule has 2 aromatic carbocycles. The minimum absolute atomic E-state index is 0.240. The lowest BCUT2D eigenvalue weighted by molar-refractivity contribution is 0.0518. The summed E-state index contributed by atoms with van der Waals surface area (Å²) in [5, 5.41) is 3.50. The molecule has 1 N–H and O–H groups in total. The summed E-state index contributed by atoms with van der Waals surface area (Å²) in [4.78, 5) is 42.7. The summed E-state index contributed by atoms with van der Waals surface area (Å²) in [5.74, 6) is -0.543. The minimum atomic E-state index is -0.749. The third kappa shape index (κ3) is 7.11. The summed E-state index contributed by atoms with van der Waals surface area (Å²) in [7, 11) is 1.31. The zero-order chi connectivity index (χ0) is 29.9. The molecular weight excluding hydrogens is 522 g/mol. The number of alkyl carbamates (subject to hydrolysis) is 1. The van der Waals surface area contributed by atoms with Crippen LogP contribution < -0.4 is 5.32 Å². The first-order chi connectivity index (χ1) is 19.3. The highest BCUT2D eigenvalue weighted by Crippen LogP contribution is 2.37. The van der Waals surface area contributed by atoms with Gasteiger partial charge in [-0.25, -0.2) is 19.0 Å². The topological polar surface area (TPSA) is 109 Å². The number of methoxy groups -OCH3 is 1. The van der Waals surface area contributed by atoms with E-state index in [1.54, 1.807) is 78.2 Å². The molecule has 2 heterocycles. The molecule has 4 rings (SSSR count). The molecule has 0 unspecified atom stereocenters. The Balaban J connectivity index is 1.89. The maximum absolute atomic E-state index is 13.6. The van der Waals surface area contributed by atoms with Gasteiger partial charge < -0.3 is 19.5 Å². The van der Waals surface area contributed by atoms with Gasteiger partial charge in [0.25, 0.3) is 0 Å². The average Bonchev–Trinajstić information content (AvgIpc) is 3.29. The van der Waals surface area contributed by atoms with Crippen LogP contribution in [-0.2, 0) is 20.8 Å². The molecule has 0 aliphatic heterocycles.